The van der Waals surface area contributed by atoms with E-state index < -0.39 is 0 Å². The lowest BCUT2D eigenvalue weighted by Crippen LogP contribution is -2.24. The number of ether oxygens (including phenoxy) is 1. The molecular weight excluding hydrogens is 314 g/mol. The average Bonchev–Trinajstić information content (AvgIpc) is 3.01. The van der Waals surface area contributed by atoms with Crippen molar-refractivity contribution in [1.82, 2.24) is 10.3 Å². The summed E-state index contributed by atoms with van der Waals surface area (Å²) >= 11 is 1.46. The summed E-state index contributed by atoms with van der Waals surface area (Å²) in [5.41, 5.74) is 7.86. The molecule has 2 rings (SSSR count). The van der Waals surface area contributed by atoms with Gasteiger partial charge < -0.3 is 15.8 Å². The molecule has 0 saturated heterocycles. The Bertz CT molecular complexity index is 680. The molecule has 122 valence electrons. The largest absolute Gasteiger partial charge is 0.465 e. The number of rotatable bonds is 6. The Labute approximate surface area is 138 Å². The molecule has 1 aromatic carbocycles. The molecule has 0 bridgehead atoms. The van der Waals surface area contributed by atoms with Gasteiger partial charge in [-0.1, -0.05) is 12.1 Å². The number of esters is 1. The van der Waals surface area contributed by atoms with E-state index in [1.54, 1.807) is 24.3 Å². The van der Waals surface area contributed by atoms with E-state index in [1.807, 2.05) is 12.3 Å². The molecule has 0 aliphatic carbocycles. The Morgan fingerprint density at radius 1 is 1.35 bits per heavy atom. The van der Waals surface area contributed by atoms with Crippen LogP contribution >= 0.6 is 11.3 Å². The second-order valence-corrected chi connectivity index (χ2v) is 6.00. The molecule has 3 N–H and O–H groups in total. The number of benzene rings is 1. The molecule has 7 heteroatoms. The Morgan fingerprint density at radius 3 is 2.61 bits per heavy atom. The van der Waals surface area contributed by atoms with Crippen LogP contribution in [0.25, 0.3) is 0 Å². The van der Waals surface area contributed by atoms with Crippen molar-refractivity contribution in [2.75, 3.05) is 7.11 Å². The van der Waals surface area contributed by atoms with Gasteiger partial charge in [-0.15, -0.1) is 11.3 Å². The average molecular weight is 333 g/mol. The van der Waals surface area contributed by atoms with Crippen LogP contribution in [0.15, 0.2) is 29.6 Å². The number of amides is 1. The molecular formula is C16H19N3O3S. The van der Waals surface area contributed by atoms with E-state index in [0.29, 0.717) is 12.1 Å². The molecule has 0 spiro atoms. The second kappa shape index (κ2) is 7.85. The Morgan fingerprint density at radius 2 is 2.04 bits per heavy atom. The van der Waals surface area contributed by atoms with Crippen molar-refractivity contribution in [2.45, 2.75) is 25.9 Å². The van der Waals surface area contributed by atoms with Crippen molar-refractivity contribution < 1.29 is 14.3 Å². The Hall–Kier alpha value is -2.25. The maximum atomic E-state index is 11.9. The number of aromatic nitrogens is 1. The van der Waals surface area contributed by atoms with Crippen LogP contribution in [0, 0.1) is 0 Å². The van der Waals surface area contributed by atoms with Crippen molar-refractivity contribution in [3.8, 4) is 0 Å². The molecule has 23 heavy (non-hydrogen) atoms. The van der Waals surface area contributed by atoms with Crippen LogP contribution in [0.1, 0.15) is 39.6 Å². The van der Waals surface area contributed by atoms with E-state index in [4.69, 9.17) is 5.73 Å². The van der Waals surface area contributed by atoms with Crippen molar-refractivity contribution in [1.29, 1.82) is 0 Å². The van der Waals surface area contributed by atoms with Gasteiger partial charge in [-0.05, 0) is 24.6 Å². The van der Waals surface area contributed by atoms with E-state index in [-0.39, 0.29) is 24.3 Å². The number of nitrogens with one attached hydrogen (secondary N) is 1. The minimum atomic E-state index is -0.381. The fraction of sp³-hybridized carbons (Fsp3) is 0.312. The quantitative estimate of drug-likeness (QED) is 0.786. The van der Waals surface area contributed by atoms with Gasteiger partial charge in [0.25, 0.3) is 0 Å². The summed E-state index contributed by atoms with van der Waals surface area (Å²) in [4.78, 5) is 27.6. The summed E-state index contributed by atoms with van der Waals surface area (Å²) in [5.74, 6) is -0.488. The summed E-state index contributed by atoms with van der Waals surface area (Å²) in [6.45, 7) is 2.26. The van der Waals surface area contributed by atoms with Crippen LogP contribution in [0.5, 0.6) is 0 Å². The van der Waals surface area contributed by atoms with E-state index in [1.165, 1.54) is 18.4 Å². The normalized spacial score (nSPS) is 11.8. The van der Waals surface area contributed by atoms with Gasteiger partial charge in [-0.3, -0.25) is 4.79 Å². The highest BCUT2D eigenvalue weighted by Crippen LogP contribution is 2.16. The van der Waals surface area contributed by atoms with Gasteiger partial charge in [-0.2, -0.15) is 0 Å². The monoisotopic (exact) mass is 333 g/mol. The lowest BCUT2D eigenvalue weighted by Gasteiger charge is -2.05. The number of thiazole rings is 1. The highest BCUT2D eigenvalue weighted by molar-refractivity contribution is 7.09. The van der Waals surface area contributed by atoms with Crippen molar-refractivity contribution >= 4 is 23.2 Å². The predicted molar refractivity (Wildman–Crippen MR) is 88.0 cm³/mol. The first-order chi connectivity index (χ1) is 11.0. The van der Waals surface area contributed by atoms with E-state index in [9.17, 15) is 9.59 Å². The van der Waals surface area contributed by atoms with Gasteiger partial charge in [0.1, 0.15) is 5.01 Å². The molecule has 0 saturated carbocycles. The minimum Gasteiger partial charge on any atom is -0.465 e. The van der Waals surface area contributed by atoms with E-state index in [2.05, 4.69) is 15.0 Å². The van der Waals surface area contributed by atoms with Crippen LogP contribution in [0.3, 0.4) is 0 Å². The van der Waals surface area contributed by atoms with Gasteiger partial charge in [0.05, 0.1) is 30.8 Å². The highest BCUT2D eigenvalue weighted by atomic mass is 32.1. The second-order valence-electron chi connectivity index (χ2n) is 5.11. The molecule has 1 aromatic heterocycles. The zero-order valence-corrected chi connectivity index (χ0v) is 13.9. The number of carbonyl (C=O) groups is 2. The molecule has 0 aliphatic heterocycles. The fourth-order valence-corrected chi connectivity index (χ4v) is 2.69. The zero-order chi connectivity index (χ0) is 16.8. The minimum absolute atomic E-state index is 0.108. The van der Waals surface area contributed by atoms with Gasteiger partial charge in [-0.25, -0.2) is 9.78 Å². The molecule has 0 aliphatic rings. The van der Waals surface area contributed by atoms with Crippen molar-refractivity contribution in [3.05, 3.63) is 51.5 Å². The third kappa shape index (κ3) is 4.87. The SMILES string of the molecule is COC(=O)c1ccc(CNC(=O)Cc2csc(C(C)N)n2)cc1. The predicted octanol–water partition coefficient (Wildman–Crippen LogP) is 1.81. The van der Waals surface area contributed by atoms with Gasteiger partial charge in [0.15, 0.2) is 0 Å². The number of nitrogens with two attached hydrogens (primary N) is 1. The first-order valence-corrected chi connectivity index (χ1v) is 8.01. The first-order valence-electron chi connectivity index (χ1n) is 7.13. The fourth-order valence-electron chi connectivity index (χ4n) is 1.92. The van der Waals surface area contributed by atoms with Gasteiger partial charge >= 0.3 is 5.97 Å². The van der Waals surface area contributed by atoms with E-state index in [0.717, 1.165) is 16.3 Å². The van der Waals surface area contributed by atoms with Crippen LogP contribution < -0.4 is 11.1 Å². The number of nitrogens with zero attached hydrogens (tertiary/aromatic N) is 1. The Balaban J connectivity index is 1.85. The first kappa shape index (κ1) is 17.1. The molecule has 1 atom stereocenters. The smallest absolute Gasteiger partial charge is 0.337 e. The standard InChI is InChI=1S/C16H19N3O3S/c1-10(17)15-19-13(9-23-15)7-14(20)18-8-11-3-5-12(6-4-11)16(21)22-2/h3-6,9-10H,7-8,17H2,1-2H3,(H,18,20). The molecule has 1 unspecified atom stereocenters. The maximum absolute atomic E-state index is 11.9. The van der Waals surface area contributed by atoms with Crippen LogP contribution in [0.2, 0.25) is 0 Å². The summed E-state index contributed by atoms with van der Waals surface area (Å²) in [5, 5.41) is 5.50. The summed E-state index contributed by atoms with van der Waals surface area (Å²) in [7, 11) is 1.34. The molecule has 1 heterocycles. The maximum Gasteiger partial charge on any atom is 0.337 e. The summed E-state index contributed by atoms with van der Waals surface area (Å²) < 4.78 is 4.64. The van der Waals surface area contributed by atoms with Crippen molar-refractivity contribution in [3.63, 3.8) is 0 Å². The van der Waals surface area contributed by atoms with Crippen molar-refractivity contribution in [2.24, 2.45) is 5.73 Å². The molecule has 0 radical (unpaired) electrons. The molecule has 1 amide bonds. The molecule has 0 fully saturated rings. The third-order valence-corrected chi connectivity index (χ3v) is 4.26. The number of hydrogen-bond acceptors (Lipinski definition) is 6. The third-order valence-electron chi connectivity index (χ3n) is 3.17. The van der Waals surface area contributed by atoms with E-state index >= 15 is 0 Å². The van der Waals surface area contributed by atoms with Gasteiger partial charge in [0.2, 0.25) is 5.91 Å². The number of hydrogen-bond donors (Lipinski definition) is 2. The topological polar surface area (TPSA) is 94.3 Å². The number of methoxy groups -OCH3 is 1. The summed E-state index contributed by atoms with van der Waals surface area (Å²) in [6, 6.07) is 6.78. The lowest BCUT2D eigenvalue weighted by molar-refractivity contribution is -0.120. The van der Waals surface area contributed by atoms with Crippen LogP contribution in [-0.2, 0) is 22.5 Å². The summed E-state index contributed by atoms with van der Waals surface area (Å²) in [6.07, 6.45) is 0.226. The lowest BCUT2D eigenvalue weighted by atomic mass is 10.1. The molecule has 6 nitrogen and oxygen atoms in total. The van der Waals surface area contributed by atoms with Crippen LogP contribution in [-0.4, -0.2) is 24.0 Å². The van der Waals surface area contributed by atoms with Crippen LogP contribution in [0.4, 0.5) is 0 Å². The highest BCUT2D eigenvalue weighted by Gasteiger charge is 2.10. The Kier molecular flexibility index (Phi) is 5.84. The van der Waals surface area contributed by atoms with Gasteiger partial charge in [0, 0.05) is 11.9 Å². The molecule has 2 aromatic rings. The number of carbonyl (C=O) groups excluding carboxylic acids is 2. The zero-order valence-electron chi connectivity index (χ0n) is 13.0.